The van der Waals surface area contributed by atoms with Crippen molar-refractivity contribution in [1.82, 2.24) is 0 Å². The van der Waals surface area contributed by atoms with Crippen LogP contribution in [0.25, 0.3) is 6.08 Å². The van der Waals surface area contributed by atoms with Gasteiger partial charge in [0, 0.05) is 5.56 Å². The molecule has 0 spiro atoms. The van der Waals surface area contributed by atoms with E-state index in [1.54, 1.807) is 0 Å². The third-order valence-electron chi connectivity index (χ3n) is 1.42. The minimum atomic E-state index is 1.05. The third kappa shape index (κ3) is 7.58. The Morgan fingerprint density at radius 1 is 1.00 bits per heavy atom. The van der Waals surface area contributed by atoms with Crippen LogP contribution in [-0.4, -0.2) is 0 Å². The van der Waals surface area contributed by atoms with Gasteiger partial charge in [0.2, 0.25) is 0 Å². The fraction of sp³-hybridized carbons (Fsp3) is 0.333. The first kappa shape index (κ1) is 16.0. The Kier molecular flexibility index (Phi) is 13.3. The van der Waals surface area contributed by atoms with E-state index in [1.165, 1.54) is 0 Å². The summed E-state index contributed by atoms with van der Waals surface area (Å²) >= 11 is 0. The Labute approximate surface area is 95.0 Å². The highest BCUT2D eigenvalue weighted by molar-refractivity contribution is 5.49. The largest absolute Gasteiger partial charge is 0.101 e. The predicted molar refractivity (Wildman–Crippen MR) is 71.8 cm³/mol. The molecule has 0 aliphatic heterocycles. The molecular weight excluding hydrogens is 180 g/mol. The van der Waals surface area contributed by atoms with E-state index in [0.29, 0.717) is 0 Å². The Bertz CT molecular complexity index is 293. The molecule has 0 atom stereocenters. The van der Waals surface area contributed by atoms with Crippen molar-refractivity contribution in [2.75, 3.05) is 0 Å². The van der Waals surface area contributed by atoms with Crippen molar-refractivity contribution < 1.29 is 0 Å². The van der Waals surface area contributed by atoms with Crippen LogP contribution < -0.4 is 0 Å². The van der Waals surface area contributed by atoms with E-state index < -0.39 is 0 Å². The topological polar surface area (TPSA) is 0 Å². The molecule has 0 radical (unpaired) electrons. The molecule has 1 aromatic rings. The first-order valence-corrected chi connectivity index (χ1v) is 5.52. The monoisotopic (exact) mass is 202 g/mol. The van der Waals surface area contributed by atoms with Gasteiger partial charge in [-0.15, -0.1) is 5.92 Å². The Morgan fingerprint density at radius 3 is 1.80 bits per heavy atom. The molecule has 1 rings (SSSR count). The van der Waals surface area contributed by atoms with Crippen LogP contribution >= 0.6 is 0 Å². The summed E-state index contributed by atoms with van der Waals surface area (Å²) in [6.45, 7) is 13.5. The maximum Gasteiger partial charge on any atom is 0.0245 e. The lowest BCUT2D eigenvalue weighted by Crippen LogP contribution is -1.73. The number of benzene rings is 1. The van der Waals surface area contributed by atoms with Gasteiger partial charge in [0.05, 0.1) is 0 Å². The lowest BCUT2D eigenvalue weighted by molar-refractivity contribution is 1.50. The van der Waals surface area contributed by atoms with E-state index in [1.807, 2.05) is 65.0 Å². The van der Waals surface area contributed by atoms with Crippen LogP contribution in [0.15, 0.2) is 30.8 Å². The quantitative estimate of drug-likeness (QED) is 0.576. The van der Waals surface area contributed by atoms with E-state index in [4.69, 9.17) is 0 Å². The highest BCUT2D eigenvalue weighted by Gasteiger charge is 1.85. The van der Waals surface area contributed by atoms with Gasteiger partial charge in [0.15, 0.2) is 0 Å². The summed E-state index contributed by atoms with van der Waals surface area (Å²) in [5, 5.41) is 0. The predicted octanol–water partition coefficient (Wildman–Crippen LogP) is 4.75. The highest BCUT2D eigenvalue weighted by Crippen LogP contribution is 2.03. The standard InChI is InChI=1S/C11H10.2C2H6/c1-3-5-11-8-6-10(4-2)7-9-11;2*1-2/h4,6-9H,2H2,1H3;2*1-2H3. The molecule has 0 saturated heterocycles. The molecule has 1 aromatic carbocycles. The normalized spacial score (nSPS) is 6.73. The van der Waals surface area contributed by atoms with Gasteiger partial charge in [0.25, 0.3) is 0 Å². The van der Waals surface area contributed by atoms with Crippen molar-refractivity contribution in [2.45, 2.75) is 34.6 Å². The highest BCUT2D eigenvalue weighted by atomic mass is 13.9. The maximum absolute atomic E-state index is 3.67. The van der Waals surface area contributed by atoms with Gasteiger partial charge in [-0.1, -0.05) is 58.4 Å². The molecule has 0 aromatic heterocycles. The van der Waals surface area contributed by atoms with E-state index in [2.05, 4.69) is 18.4 Å². The van der Waals surface area contributed by atoms with Gasteiger partial charge in [-0.25, -0.2) is 0 Å². The van der Waals surface area contributed by atoms with Crippen molar-refractivity contribution in [3.63, 3.8) is 0 Å². The maximum atomic E-state index is 3.67. The van der Waals surface area contributed by atoms with Crippen molar-refractivity contribution in [2.24, 2.45) is 0 Å². The van der Waals surface area contributed by atoms with Gasteiger partial charge >= 0.3 is 0 Å². The summed E-state index contributed by atoms with van der Waals surface area (Å²) in [6.07, 6.45) is 1.82. The second-order valence-electron chi connectivity index (χ2n) is 2.20. The molecule has 0 aliphatic carbocycles. The molecule has 0 bridgehead atoms. The molecular formula is C15H22. The van der Waals surface area contributed by atoms with E-state index in [-0.39, 0.29) is 0 Å². The fourth-order valence-electron chi connectivity index (χ4n) is 0.847. The molecule has 0 heterocycles. The van der Waals surface area contributed by atoms with E-state index >= 15 is 0 Å². The van der Waals surface area contributed by atoms with Crippen molar-refractivity contribution >= 4 is 6.08 Å². The minimum Gasteiger partial charge on any atom is -0.101 e. The van der Waals surface area contributed by atoms with E-state index in [0.717, 1.165) is 11.1 Å². The lowest BCUT2D eigenvalue weighted by atomic mass is 10.1. The summed E-state index contributed by atoms with van der Waals surface area (Å²) < 4.78 is 0. The van der Waals surface area contributed by atoms with Crippen LogP contribution in [0, 0.1) is 11.8 Å². The lowest BCUT2D eigenvalue weighted by Gasteiger charge is -1.91. The SMILES string of the molecule is C=Cc1ccc(C#CC)cc1.CC.CC. The van der Waals surface area contributed by atoms with Crippen molar-refractivity contribution in [3.05, 3.63) is 42.0 Å². The first-order chi connectivity index (χ1) is 7.36. The van der Waals surface area contributed by atoms with Gasteiger partial charge < -0.3 is 0 Å². The Morgan fingerprint density at radius 2 is 1.47 bits per heavy atom. The molecule has 0 N–H and O–H groups in total. The average Bonchev–Trinajstić information content (AvgIpc) is 2.36. The van der Waals surface area contributed by atoms with Crippen LogP contribution in [0.3, 0.4) is 0 Å². The molecule has 0 unspecified atom stereocenters. The minimum absolute atomic E-state index is 1.05. The summed E-state index contributed by atoms with van der Waals surface area (Å²) in [5.74, 6) is 5.82. The molecule has 0 nitrogen and oxygen atoms in total. The summed E-state index contributed by atoms with van der Waals surface area (Å²) in [4.78, 5) is 0. The number of hydrogen-bond acceptors (Lipinski definition) is 0. The molecule has 15 heavy (non-hydrogen) atoms. The summed E-state index contributed by atoms with van der Waals surface area (Å²) in [5.41, 5.74) is 2.18. The molecule has 0 saturated carbocycles. The third-order valence-corrected chi connectivity index (χ3v) is 1.42. The Balaban J connectivity index is 0. The van der Waals surface area contributed by atoms with Gasteiger partial charge in [-0.2, -0.15) is 0 Å². The van der Waals surface area contributed by atoms with E-state index in [9.17, 15) is 0 Å². The second-order valence-corrected chi connectivity index (χ2v) is 2.20. The van der Waals surface area contributed by atoms with Crippen molar-refractivity contribution in [1.29, 1.82) is 0 Å². The molecule has 82 valence electrons. The summed E-state index contributed by atoms with van der Waals surface area (Å²) in [6, 6.07) is 8.00. The van der Waals surface area contributed by atoms with Gasteiger partial charge in [-0.05, 0) is 24.6 Å². The fourth-order valence-corrected chi connectivity index (χ4v) is 0.847. The number of rotatable bonds is 1. The average molecular weight is 202 g/mol. The van der Waals surface area contributed by atoms with Crippen LogP contribution in [-0.2, 0) is 0 Å². The zero-order valence-electron chi connectivity index (χ0n) is 10.6. The van der Waals surface area contributed by atoms with Crippen LogP contribution in [0.5, 0.6) is 0 Å². The van der Waals surface area contributed by atoms with Crippen LogP contribution in [0.2, 0.25) is 0 Å². The zero-order valence-corrected chi connectivity index (χ0v) is 10.6. The smallest absolute Gasteiger partial charge is 0.0245 e. The zero-order chi connectivity index (χ0) is 12.1. The van der Waals surface area contributed by atoms with Gasteiger partial charge in [0.1, 0.15) is 0 Å². The first-order valence-electron chi connectivity index (χ1n) is 5.52. The molecule has 0 fully saturated rings. The molecule has 0 amide bonds. The number of hydrogen-bond donors (Lipinski definition) is 0. The molecule has 0 heteroatoms. The van der Waals surface area contributed by atoms with Crippen LogP contribution in [0.4, 0.5) is 0 Å². The second kappa shape index (κ2) is 12.5. The van der Waals surface area contributed by atoms with Crippen molar-refractivity contribution in [3.8, 4) is 11.8 Å². The summed E-state index contributed by atoms with van der Waals surface area (Å²) in [7, 11) is 0. The van der Waals surface area contributed by atoms with Gasteiger partial charge in [-0.3, -0.25) is 0 Å². The Hall–Kier alpha value is -1.48. The molecule has 0 aliphatic rings. The van der Waals surface area contributed by atoms with Crippen LogP contribution in [0.1, 0.15) is 45.7 Å².